The van der Waals surface area contributed by atoms with Gasteiger partial charge in [-0.25, -0.2) is 0 Å². The predicted octanol–water partition coefficient (Wildman–Crippen LogP) is 2.29. The first-order valence-electron chi connectivity index (χ1n) is 4.39. The Morgan fingerprint density at radius 2 is 2.20 bits per heavy atom. The van der Waals surface area contributed by atoms with Gasteiger partial charge in [-0.2, -0.15) is 0 Å². The lowest BCUT2D eigenvalue weighted by Crippen LogP contribution is -2.05. The summed E-state index contributed by atoms with van der Waals surface area (Å²) in [5.41, 5.74) is 2.30. The number of esters is 1. The minimum Gasteiger partial charge on any atom is -0.469 e. The van der Waals surface area contributed by atoms with Gasteiger partial charge in [0.25, 0.3) is 0 Å². The van der Waals surface area contributed by atoms with Crippen LogP contribution in [0, 0.1) is 6.92 Å². The third kappa shape index (κ3) is 2.89. The molecule has 0 N–H and O–H groups in total. The third-order valence-corrected chi connectivity index (χ3v) is 2.86. The molecule has 0 aromatic heterocycles. The number of rotatable bonds is 3. The lowest BCUT2D eigenvalue weighted by Gasteiger charge is -2.06. The normalized spacial score (nSPS) is 9.80. The van der Waals surface area contributed by atoms with Crippen molar-refractivity contribution >= 4 is 28.2 Å². The first kappa shape index (κ1) is 11.9. The summed E-state index contributed by atoms with van der Waals surface area (Å²) in [6, 6.07) is 3.52. The molecule has 0 radical (unpaired) electrons. The zero-order valence-electron chi connectivity index (χ0n) is 8.54. The monoisotopic (exact) mass is 270 g/mol. The Hall–Kier alpha value is -1.16. The average Bonchev–Trinajstić information content (AvgIpc) is 2.22. The summed E-state index contributed by atoms with van der Waals surface area (Å²) in [6.45, 7) is 1.83. The number of aryl methyl sites for hydroxylation is 1. The van der Waals surface area contributed by atoms with Crippen molar-refractivity contribution in [1.29, 1.82) is 0 Å². The van der Waals surface area contributed by atoms with Gasteiger partial charge in [-0.05, 0) is 24.1 Å². The van der Waals surface area contributed by atoms with E-state index >= 15 is 0 Å². The van der Waals surface area contributed by atoms with Crippen molar-refractivity contribution in [1.82, 2.24) is 0 Å². The van der Waals surface area contributed by atoms with Crippen LogP contribution in [0.5, 0.6) is 0 Å². The Kier molecular flexibility index (Phi) is 4.03. The van der Waals surface area contributed by atoms with Gasteiger partial charge in [-0.3, -0.25) is 9.59 Å². The molecule has 0 saturated heterocycles. The lowest BCUT2D eigenvalue weighted by atomic mass is 10.0. The van der Waals surface area contributed by atoms with Crippen molar-refractivity contribution in [3.05, 3.63) is 33.3 Å². The molecule has 4 heteroatoms. The van der Waals surface area contributed by atoms with Gasteiger partial charge in [0.1, 0.15) is 6.29 Å². The molecule has 0 bridgehead atoms. The Labute approximate surface area is 96.6 Å². The smallest absolute Gasteiger partial charge is 0.310 e. The molecule has 1 aromatic rings. The van der Waals surface area contributed by atoms with Crippen molar-refractivity contribution in [2.45, 2.75) is 13.3 Å². The second kappa shape index (κ2) is 5.07. The molecule has 0 unspecified atom stereocenters. The van der Waals surface area contributed by atoms with E-state index in [1.54, 1.807) is 6.07 Å². The van der Waals surface area contributed by atoms with Gasteiger partial charge in [0.15, 0.2) is 0 Å². The Balaban J connectivity index is 3.05. The molecule has 0 aliphatic heterocycles. The number of hydrogen-bond donors (Lipinski definition) is 0. The van der Waals surface area contributed by atoms with Crippen molar-refractivity contribution < 1.29 is 14.3 Å². The second-order valence-corrected chi connectivity index (χ2v) is 4.03. The summed E-state index contributed by atoms with van der Waals surface area (Å²) >= 11 is 3.31. The van der Waals surface area contributed by atoms with Crippen molar-refractivity contribution in [3.8, 4) is 0 Å². The molecule has 15 heavy (non-hydrogen) atoms. The standard InChI is InChI=1S/C11H11BrO3/c1-7-3-8(5-11(14)15-2)10(12)4-9(7)6-13/h3-4,6H,5H2,1-2H3. The third-order valence-electron chi connectivity index (χ3n) is 2.12. The van der Waals surface area contributed by atoms with E-state index in [0.29, 0.717) is 5.56 Å². The fraction of sp³-hybridized carbons (Fsp3) is 0.273. The van der Waals surface area contributed by atoms with Crippen LogP contribution in [-0.4, -0.2) is 19.4 Å². The van der Waals surface area contributed by atoms with Crippen LogP contribution in [0.3, 0.4) is 0 Å². The number of ether oxygens (including phenoxy) is 1. The van der Waals surface area contributed by atoms with E-state index in [1.807, 2.05) is 13.0 Å². The van der Waals surface area contributed by atoms with E-state index in [9.17, 15) is 9.59 Å². The highest BCUT2D eigenvalue weighted by Gasteiger charge is 2.09. The van der Waals surface area contributed by atoms with E-state index in [-0.39, 0.29) is 12.4 Å². The number of benzene rings is 1. The minimum atomic E-state index is -0.297. The van der Waals surface area contributed by atoms with Crippen LogP contribution in [0.1, 0.15) is 21.5 Å². The molecule has 3 nitrogen and oxygen atoms in total. The molecule has 0 amide bonds. The van der Waals surface area contributed by atoms with E-state index < -0.39 is 0 Å². The maximum absolute atomic E-state index is 11.1. The van der Waals surface area contributed by atoms with Crippen LogP contribution in [0.2, 0.25) is 0 Å². The van der Waals surface area contributed by atoms with Crippen LogP contribution in [0.4, 0.5) is 0 Å². The molecule has 0 heterocycles. The highest BCUT2D eigenvalue weighted by atomic mass is 79.9. The first-order valence-corrected chi connectivity index (χ1v) is 5.18. The molecule has 0 atom stereocenters. The molecule has 0 spiro atoms. The van der Waals surface area contributed by atoms with Gasteiger partial charge < -0.3 is 4.74 Å². The largest absolute Gasteiger partial charge is 0.469 e. The van der Waals surface area contributed by atoms with Crippen LogP contribution in [0.15, 0.2) is 16.6 Å². The number of carbonyl (C=O) groups is 2. The van der Waals surface area contributed by atoms with Gasteiger partial charge in [0.05, 0.1) is 13.5 Å². The first-order chi connectivity index (χ1) is 7.08. The number of aldehydes is 1. The maximum atomic E-state index is 11.1. The summed E-state index contributed by atoms with van der Waals surface area (Å²) in [7, 11) is 1.35. The van der Waals surface area contributed by atoms with Crippen LogP contribution < -0.4 is 0 Å². The number of methoxy groups -OCH3 is 1. The maximum Gasteiger partial charge on any atom is 0.310 e. The molecular formula is C11H11BrO3. The minimum absolute atomic E-state index is 0.205. The average molecular weight is 271 g/mol. The molecule has 0 aliphatic carbocycles. The highest BCUT2D eigenvalue weighted by Crippen LogP contribution is 2.21. The summed E-state index contributed by atoms with van der Waals surface area (Å²) < 4.78 is 5.33. The van der Waals surface area contributed by atoms with E-state index in [4.69, 9.17) is 0 Å². The van der Waals surface area contributed by atoms with E-state index in [0.717, 1.165) is 21.9 Å². The molecule has 1 rings (SSSR count). The molecule has 80 valence electrons. The fourth-order valence-corrected chi connectivity index (χ4v) is 1.75. The highest BCUT2D eigenvalue weighted by molar-refractivity contribution is 9.10. The molecular weight excluding hydrogens is 260 g/mol. The summed E-state index contributed by atoms with van der Waals surface area (Å²) in [5.74, 6) is -0.297. The summed E-state index contributed by atoms with van der Waals surface area (Å²) in [4.78, 5) is 21.7. The van der Waals surface area contributed by atoms with Gasteiger partial charge >= 0.3 is 5.97 Å². The fourth-order valence-electron chi connectivity index (χ4n) is 1.25. The van der Waals surface area contributed by atoms with Gasteiger partial charge in [0, 0.05) is 10.0 Å². The SMILES string of the molecule is COC(=O)Cc1cc(C)c(C=O)cc1Br. The predicted molar refractivity (Wildman–Crippen MR) is 60.0 cm³/mol. The molecule has 0 saturated carbocycles. The Morgan fingerprint density at radius 1 is 1.53 bits per heavy atom. The Bertz CT molecular complexity index is 399. The van der Waals surface area contributed by atoms with E-state index in [2.05, 4.69) is 20.7 Å². The quantitative estimate of drug-likeness (QED) is 0.625. The lowest BCUT2D eigenvalue weighted by molar-refractivity contribution is -0.139. The summed E-state index contributed by atoms with van der Waals surface area (Å²) in [5, 5.41) is 0. The van der Waals surface area contributed by atoms with Gasteiger partial charge in [-0.1, -0.05) is 22.0 Å². The Morgan fingerprint density at radius 3 is 2.73 bits per heavy atom. The number of carbonyl (C=O) groups excluding carboxylic acids is 2. The van der Waals surface area contributed by atoms with Crippen molar-refractivity contribution in [2.75, 3.05) is 7.11 Å². The van der Waals surface area contributed by atoms with E-state index in [1.165, 1.54) is 7.11 Å². The van der Waals surface area contributed by atoms with Crippen LogP contribution in [0.25, 0.3) is 0 Å². The number of hydrogen-bond acceptors (Lipinski definition) is 3. The second-order valence-electron chi connectivity index (χ2n) is 3.17. The van der Waals surface area contributed by atoms with Gasteiger partial charge in [-0.15, -0.1) is 0 Å². The van der Waals surface area contributed by atoms with Crippen LogP contribution >= 0.6 is 15.9 Å². The summed E-state index contributed by atoms with van der Waals surface area (Å²) in [6.07, 6.45) is 0.999. The molecule has 0 fully saturated rings. The molecule has 0 aliphatic rings. The van der Waals surface area contributed by atoms with Crippen LogP contribution in [-0.2, 0) is 16.0 Å². The zero-order valence-corrected chi connectivity index (χ0v) is 10.1. The topological polar surface area (TPSA) is 43.4 Å². The number of halogens is 1. The van der Waals surface area contributed by atoms with Crippen molar-refractivity contribution in [3.63, 3.8) is 0 Å². The van der Waals surface area contributed by atoms with Crippen molar-refractivity contribution in [2.24, 2.45) is 0 Å². The van der Waals surface area contributed by atoms with Gasteiger partial charge in [0.2, 0.25) is 0 Å². The zero-order chi connectivity index (χ0) is 11.4. The molecule has 1 aromatic carbocycles.